The molecule has 0 unspecified atom stereocenters. The smallest absolute Gasteiger partial charge is 0.268 e. The van der Waals surface area contributed by atoms with Crippen LogP contribution in [0.1, 0.15) is 158 Å². The molecule has 0 aliphatic rings. The van der Waals surface area contributed by atoms with Gasteiger partial charge in [-0.1, -0.05) is 215 Å². The summed E-state index contributed by atoms with van der Waals surface area (Å²) in [5.74, 6) is 2.01. The number of benzene rings is 7. The number of para-hydroxylation sites is 1. The number of hydrogen-bond acceptors (Lipinski definition) is 2. The second-order valence-corrected chi connectivity index (χ2v) is 27.6. The number of pyridine rings is 1. The van der Waals surface area contributed by atoms with Crippen molar-refractivity contribution in [1.29, 1.82) is 0 Å². The molecule has 0 amide bonds. The molecule has 0 radical (unpaired) electrons. The zero-order chi connectivity index (χ0) is 55.4. The number of nitrogens with zero attached hydrogens (tertiary/aromatic N) is 4. The van der Waals surface area contributed by atoms with Crippen LogP contribution in [0.25, 0.3) is 72.3 Å². The molecule has 0 aliphatic heterocycles. The Morgan fingerprint density at radius 1 is 0.449 bits per heavy atom. The summed E-state index contributed by atoms with van der Waals surface area (Å²) in [6.07, 6.45) is 5.91. The van der Waals surface area contributed by atoms with Crippen molar-refractivity contribution in [1.82, 2.24) is 14.1 Å². The van der Waals surface area contributed by atoms with Gasteiger partial charge in [0.1, 0.15) is 5.82 Å². The van der Waals surface area contributed by atoms with Gasteiger partial charge >= 0.3 is 0 Å². The van der Waals surface area contributed by atoms with E-state index < -0.39 is 0 Å². The van der Waals surface area contributed by atoms with Gasteiger partial charge in [-0.15, -0.1) is 29.7 Å². The van der Waals surface area contributed by atoms with Crippen molar-refractivity contribution in [2.24, 2.45) is 0 Å². The van der Waals surface area contributed by atoms with Gasteiger partial charge in [-0.05, 0) is 123 Å². The SMILES string of the molecule is CC(C)(C)c1cccc(-c2cc(C(C)(C)C)cc(C(C)(C)C)c2-[n+]2[c-]n(-c3[c-]c(Oc4[c-]c5c(cc4)c4ccccc4n5-c4cc(C(C)(C)C)ccn4)ccc3)c3cc(-c4cc(C(C)(C)C)cc(C(C)(C)C)c4)ccc32)c1.[Pt]. The molecule has 0 fully saturated rings. The van der Waals surface area contributed by atoms with Crippen LogP contribution >= 0.6 is 0 Å². The van der Waals surface area contributed by atoms with E-state index in [0.717, 1.165) is 55.6 Å². The van der Waals surface area contributed by atoms with E-state index in [2.05, 4.69) is 284 Å². The van der Waals surface area contributed by atoms with Crippen molar-refractivity contribution >= 4 is 32.8 Å². The molecular formula is C72H78N4OPt-2. The topological polar surface area (TPSA) is 35.9 Å². The summed E-state index contributed by atoms with van der Waals surface area (Å²) in [5, 5.41) is 2.22. The molecule has 78 heavy (non-hydrogen) atoms. The Kier molecular flexibility index (Phi) is 14.4. The van der Waals surface area contributed by atoms with Gasteiger partial charge < -0.3 is 13.9 Å². The first-order valence-electron chi connectivity index (χ1n) is 27.5. The number of hydrogen-bond donors (Lipinski definition) is 0. The van der Waals surface area contributed by atoms with Crippen molar-refractivity contribution in [3.63, 3.8) is 0 Å². The van der Waals surface area contributed by atoms with Gasteiger partial charge in [0.05, 0.1) is 16.7 Å². The number of fused-ring (bicyclic) bond motifs is 4. The van der Waals surface area contributed by atoms with E-state index in [9.17, 15) is 0 Å². The summed E-state index contributed by atoms with van der Waals surface area (Å²) in [6, 6.07) is 58.7. The molecule has 5 nitrogen and oxygen atoms in total. The Hall–Kier alpha value is -6.55. The van der Waals surface area contributed by atoms with Crippen LogP contribution in [-0.2, 0) is 53.6 Å². The Morgan fingerprint density at radius 2 is 1.05 bits per heavy atom. The van der Waals surface area contributed by atoms with Crippen LogP contribution in [0.4, 0.5) is 0 Å². The monoisotopic (exact) mass is 1210 g/mol. The van der Waals surface area contributed by atoms with E-state index in [0.29, 0.717) is 11.5 Å². The number of ether oxygens (including phenoxy) is 1. The van der Waals surface area contributed by atoms with E-state index in [1.165, 1.54) is 50.1 Å². The predicted molar refractivity (Wildman–Crippen MR) is 323 cm³/mol. The third-order valence-corrected chi connectivity index (χ3v) is 15.3. The molecule has 0 saturated heterocycles. The number of aromatic nitrogens is 4. The van der Waals surface area contributed by atoms with Gasteiger partial charge in [0.25, 0.3) is 6.33 Å². The predicted octanol–water partition coefficient (Wildman–Crippen LogP) is 18.7. The first kappa shape index (κ1) is 56.2. The van der Waals surface area contributed by atoms with E-state index in [1.54, 1.807) is 0 Å². The van der Waals surface area contributed by atoms with Crippen LogP contribution in [-0.4, -0.2) is 14.1 Å². The minimum Gasteiger partial charge on any atom is -0.510 e. The summed E-state index contributed by atoms with van der Waals surface area (Å²) < 4.78 is 13.6. The van der Waals surface area contributed by atoms with E-state index in [4.69, 9.17) is 9.72 Å². The van der Waals surface area contributed by atoms with Crippen LogP contribution in [0.5, 0.6) is 11.5 Å². The molecule has 0 bridgehead atoms. The van der Waals surface area contributed by atoms with Gasteiger partial charge in [-0.2, -0.15) is 18.2 Å². The number of rotatable bonds is 7. The van der Waals surface area contributed by atoms with Gasteiger partial charge in [0.15, 0.2) is 0 Å². The van der Waals surface area contributed by atoms with Crippen molar-refractivity contribution < 1.29 is 30.4 Å². The van der Waals surface area contributed by atoms with Crippen molar-refractivity contribution in [3.05, 3.63) is 198 Å². The first-order chi connectivity index (χ1) is 35.9. The molecular weight excluding hydrogens is 1130 g/mol. The molecule has 10 aromatic rings. The van der Waals surface area contributed by atoms with Gasteiger partial charge in [-0.25, -0.2) is 4.98 Å². The molecule has 0 spiro atoms. The summed E-state index contributed by atoms with van der Waals surface area (Å²) >= 11 is 0. The van der Waals surface area contributed by atoms with Crippen LogP contribution in [0.3, 0.4) is 0 Å². The van der Waals surface area contributed by atoms with Crippen LogP contribution in [0, 0.1) is 18.5 Å². The Bertz CT molecular complexity index is 3870. The summed E-state index contributed by atoms with van der Waals surface area (Å²) in [4.78, 5) is 4.92. The van der Waals surface area contributed by atoms with Crippen LogP contribution in [0.2, 0.25) is 0 Å². The molecule has 7 aromatic carbocycles. The second kappa shape index (κ2) is 20.0. The number of imidazole rings is 1. The molecule has 0 N–H and O–H groups in total. The maximum Gasteiger partial charge on any atom is 0.268 e. The van der Waals surface area contributed by atoms with Gasteiger partial charge in [-0.3, -0.25) is 4.57 Å². The fraction of sp³-hybridized carbons (Fsp3) is 0.333. The fourth-order valence-electron chi connectivity index (χ4n) is 10.5. The van der Waals surface area contributed by atoms with E-state index in [1.807, 2.05) is 18.3 Å². The molecule has 0 aliphatic carbocycles. The van der Waals surface area contributed by atoms with Gasteiger partial charge in [0, 0.05) is 44.3 Å². The molecule has 10 rings (SSSR count). The molecule has 3 aromatic heterocycles. The third kappa shape index (κ3) is 10.9. The molecule has 6 heteroatoms. The largest absolute Gasteiger partial charge is 0.510 e. The van der Waals surface area contributed by atoms with E-state index in [-0.39, 0.29) is 53.6 Å². The summed E-state index contributed by atoms with van der Waals surface area (Å²) in [6.45, 7) is 41.4. The van der Waals surface area contributed by atoms with Crippen LogP contribution in [0.15, 0.2) is 146 Å². The molecule has 0 atom stereocenters. The van der Waals surface area contributed by atoms with Crippen LogP contribution < -0.4 is 9.30 Å². The molecule has 404 valence electrons. The van der Waals surface area contributed by atoms with Crippen molar-refractivity contribution in [2.45, 2.75) is 157 Å². The average Bonchev–Trinajstić information content (AvgIpc) is 4.05. The molecule has 0 saturated carbocycles. The Morgan fingerprint density at radius 3 is 1.71 bits per heavy atom. The Labute approximate surface area is 480 Å². The molecule has 3 heterocycles. The standard InChI is InChI=1S/C72H78N4O.Pt/c1-67(2,3)49-24-21-23-47(35-49)59-40-53(71(13,14)15)41-60(72(16,17)18)66(59)75-45-74(64-38-46(29-32-62(64)75)48-36-51(69(7,8)9)39-52(37-48)70(10,11)12)54-25-22-26-55(43-54)77-56-30-31-58-57-27-19-20-28-61(57)76(63(58)44-56)65-42-50(33-34-73-65)68(4,5)6;/h19-42H,1-18H3;/q-2;. The summed E-state index contributed by atoms with van der Waals surface area (Å²) in [5.41, 5.74) is 17.8. The minimum absolute atomic E-state index is 0. The normalized spacial score (nSPS) is 12.9. The summed E-state index contributed by atoms with van der Waals surface area (Å²) in [7, 11) is 0. The maximum absolute atomic E-state index is 6.85. The van der Waals surface area contributed by atoms with Gasteiger partial charge in [0.2, 0.25) is 0 Å². The minimum atomic E-state index is -0.229. The average molecular weight is 1210 g/mol. The van der Waals surface area contributed by atoms with Crippen molar-refractivity contribution in [3.8, 4) is 50.9 Å². The fourth-order valence-corrected chi connectivity index (χ4v) is 10.5. The van der Waals surface area contributed by atoms with E-state index >= 15 is 0 Å². The zero-order valence-corrected chi connectivity index (χ0v) is 51.6. The second-order valence-electron chi connectivity index (χ2n) is 27.6. The zero-order valence-electron chi connectivity index (χ0n) is 49.4. The third-order valence-electron chi connectivity index (χ3n) is 15.3. The maximum atomic E-state index is 6.85. The quantitative estimate of drug-likeness (QED) is 0.118. The van der Waals surface area contributed by atoms with Crippen molar-refractivity contribution in [2.75, 3.05) is 0 Å². The first-order valence-corrected chi connectivity index (χ1v) is 27.5. The Balaban J connectivity index is 0.00000740.